The number of nitrogens with zero attached hydrogens (tertiary/aromatic N) is 1. The average molecular weight is 247 g/mol. The first-order valence-corrected chi connectivity index (χ1v) is 7.18. The molecule has 100 valence electrons. The van der Waals surface area contributed by atoms with Crippen LogP contribution in [0, 0.1) is 0 Å². The Hall–Kier alpha value is -0.860. The van der Waals surface area contributed by atoms with E-state index in [-0.39, 0.29) is 6.61 Å². The van der Waals surface area contributed by atoms with Gasteiger partial charge in [0.2, 0.25) is 0 Å². The monoisotopic (exact) mass is 247 g/mol. The third kappa shape index (κ3) is 3.82. The zero-order valence-corrected chi connectivity index (χ0v) is 11.4. The Balaban J connectivity index is 1.90. The van der Waals surface area contributed by atoms with E-state index in [1.165, 1.54) is 44.1 Å². The molecule has 1 aliphatic carbocycles. The van der Waals surface area contributed by atoms with Crippen LogP contribution in [-0.4, -0.2) is 23.1 Å². The van der Waals surface area contributed by atoms with Gasteiger partial charge in [-0.05, 0) is 31.0 Å². The maximum Gasteiger partial charge on any atom is 0.0681 e. The minimum atomic E-state index is 0.138. The fraction of sp³-hybridized carbons (Fsp3) is 0.625. The summed E-state index contributed by atoms with van der Waals surface area (Å²) in [7, 11) is 2.25. The average Bonchev–Trinajstić information content (AvgIpc) is 2.68. The fourth-order valence-corrected chi connectivity index (χ4v) is 2.87. The summed E-state index contributed by atoms with van der Waals surface area (Å²) in [5.41, 5.74) is 2.34. The number of aliphatic hydroxyl groups is 1. The molecule has 0 spiro atoms. The number of rotatable bonds is 4. The molecule has 0 atom stereocenters. The minimum absolute atomic E-state index is 0.138. The molecular weight excluding hydrogens is 222 g/mol. The van der Waals surface area contributed by atoms with Crippen molar-refractivity contribution in [3.05, 3.63) is 35.4 Å². The van der Waals surface area contributed by atoms with E-state index in [1.54, 1.807) is 0 Å². The maximum atomic E-state index is 9.04. The molecule has 0 bridgehead atoms. The molecule has 0 aromatic heterocycles. The molecule has 2 rings (SSSR count). The first-order valence-electron chi connectivity index (χ1n) is 7.18. The van der Waals surface area contributed by atoms with Crippen LogP contribution in [0.1, 0.15) is 49.7 Å². The fourth-order valence-electron chi connectivity index (χ4n) is 2.87. The second-order valence-corrected chi connectivity index (χ2v) is 5.54. The molecule has 1 N–H and O–H groups in total. The molecular formula is C16H25NO. The lowest BCUT2D eigenvalue weighted by atomic mass is 10.1. The van der Waals surface area contributed by atoms with E-state index >= 15 is 0 Å². The van der Waals surface area contributed by atoms with Crippen LogP contribution in [-0.2, 0) is 13.2 Å². The van der Waals surface area contributed by atoms with Gasteiger partial charge in [-0.2, -0.15) is 0 Å². The van der Waals surface area contributed by atoms with Gasteiger partial charge in [-0.15, -0.1) is 0 Å². The van der Waals surface area contributed by atoms with Gasteiger partial charge < -0.3 is 5.11 Å². The molecule has 18 heavy (non-hydrogen) atoms. The van der Waals surface area contributed by atoms with Gasteiger partial charge in [0.1, 0.15) is 0 Å². The van der Waals surface area contributed by atoms with E-state index in [0.29, 0.717) is 0 Å². The van der Waals surface area contributed by atoms with Gasteiger partial charge in [-0.25, -0.2) is 0 Å². The van der Waals surface area contributed by atoms with Crippen molar-refractivity contribution in [2.75, 3.05) is 7.05 Å². The molecule has 2 nitrogen and oxygen atoms in total. The van der Waals surface area contributed by atoms with Crippen molar-refractivity contribution in [2.24, 2.45) is 0 Å². The van der Waals surface area contributed by atoms with Crippen LogP contribution < -0.4 is 0 Å². The highest BCUT2D eigenvalue weighted by Gasteiger charge is 2.16. The molecule has 1 fully saturated rings. The number of hydrogen-bond acceptors (Lipinski definition) is 2. The van der Waals surface area contributed by atoms with Gasteiger partial charge in [0.05, 0.1) is 6.61 Å². The molecule has 1 aliphatic rings. The molecule has 1 aromatic rings. The summed E-state index contributed by atoms with van der Waals surface area (Å²) in [4.78, 5) is 2.50. The summed E-state index contributed by atoms with van der Waals surface area (Å²) >= 11 is 0. The zero-order valence-electron chi connectivity index (χ0n) is 11.4. The molecule has 0 amide bonds. The van der Waals surface area contributed by atoms with Crippen LogP contribution in [0.15, 0.2) is 24.3 Å². The zero-order chi connectivity index (χ0) is 12.8. The van der Waals surface area contributed by atoms with Gasteiger partial charge in [0.25, 0.3) is 0 Å². The molecule has 0 heterocycles. The van der Waals surface area contributed by atoms with Crippen LogP contribution in [0.25, 0.3) is 0 Å². The van der Waals surface area contributed by atoms with Crippen LogP contribution in [0.2, 0.25) is 0 Å². The Kier molecular flexibility index (Phi) is 5.21. The molecule has 0 aliphatic heterocycles. The summed E-state index contributed by atoms with van der Waals surface area (Å²) in [5, 5.41) is 9.04. The molecule has 0 saturated heterocycles. The second-order valence-electron chi connectivity index (χ2n) is 5.54. The molecule has 2 heteroatoms. The van der Waals surface area contributed by atoms with Crippen molar-refractivity contribution in [2.45, 2.75) is 57.7 Å². The van der Waals surface area contributed by atoms with Gasteiger partial charge in [-0.3, -0.25) is 4.90 Å². The van der Waals surface area contributed by atoms with Gasteiger partial charge in [-0.1, -0.05) is 49.9 Å². The maximum absolute atomic E-state index is 9.04. The Morgan fingerprint density at radius 1 is 1.00 bits per heavy atom. The second kappa shape index (κ2) is 6.91. The first-order chi connectivity index (χ1) is 8.79. The summed E-state index contributed by atoms with van der Waals surface area (Å²) in [6.07, 6.45) is 8.30. The largest absolute Gasteiger partial charge is 0.392 e. The molecule has 1 aromatic carbocycles. The predicted molar refractivity (Wildman–Crippen MR) is 75.3 cm³/mol. The third-order valence-corrected chi connectivity index (χ3v) is 4.09. The van der Waals surface area contributed by atoms with Crippen molar-refractivity contribution >= 4 is 0 Å². The van der Waals surface area contributed by atoms with E-state index in [9.17, 15) is 0 Å². The lowest BCUT2D eigenvalue weighted by Crippen LogP contribution is -2.30. The third-order valence-electron chi connectivity index (χ3n) is 4.09. The first kappa shape index (κ1) is 13.6. The van der Waals surface area contributed by atoms with Crippen molar-refractivity contribution < 1.29 is 5.11 Å². The Morgan fingerprint density at radius 2 is 1.56 bits per heavy atom. The topological polar surface area (TPSA) is 23.5 Å². The Morgan fingerprint density at radius 3 is 2.11 bits per heavy atom. The number of benzene rings is 1. The minimum Gasteiger partial charge on any atom is -0.392 e. The van der Waals surface area contributed by atoms with Gasteiger partial charge in [0, 0.05) is 12.6 Å². The summed E-state index contributed by atoms with van der Waals surface area (Å²) in [6, 6.07) is 9.08. The quantitative estimate of drug-likeness (QED) is 0.825. The van der Waals surface area contributed by atoms with Crippen molar-refractivity contribution in [3.8, 4) is 0 Å². The van der Waals surface area contributed by atoms with Gasteiger partial charge in [0.15, 0.2) is 0 Å². The number of hydrogen-bond donors (Lipinski definition) is 1. The highest BCUT2D eigenvalue weighted by atomic mass is 16.3. The highest BCUT2D eigenvalue weighted by Crippen LogP contribution is 2.22. The van der Waals surface area contributed by atoms with Crippen LogP contribution >= 0.6 is 0 Å². The lowest BCUT2D eigenvalue weighted by Gasteiger charge is -2.27. The predicted octanol–water partition coefficient (Wildman–Crippen LogP) is 3.33. The summed E-state index contributed by atoms with van der Waals surface area (Å²) in [5.74, 6) is 0. The van der Waals surface area contributed by atoms with E-state index < -0.39 is 0 Å². The van der Waals surface area contributed by atoms with Crippen molar-refractivity contribution in [3.63, 3.8) is 0 Å². The molecule has 0 radical (unpaired) electrons. The van der Waals surface area contributed by atoms with E-state index in [0.717, 1.165) is 18.2 Å². The van der Waals surface area contributed by atoms with Gasteiger partial charge >= 0.3 is 0 Å². The van der Waals surface area contributed by atoms with Crippen LogP contribution in [0.4, 0.5) is 0 Å². The van der Waals surface area contributed by atoms with E-state index in [2.05, 4.69) is 24.1 Å². The normalized spacial score (nSPS) is 17.9. The van der Waals surface area contributed by atoms with Crippen molar-refractivity contribution in [1.29, 1.82) is 0 Å². The smallest absolute Gasteiger partial charge is 0.0681 e. The van der Waals surface area contributed by atoms with E-state index in [4.69, 9.17) is 5.11 Å². The standard InChI is InChI=1S/C16H25NO/c1-17(16-6-4-2-3-5-7-16)12-14-8-10-15(13-18)11-9-14/h8-11,16,18H,2-7,12-13H2,1H3. The molecule has 0 unspecified atom stereocenters. The summed E-state index contributed by atoms with van der Waals surface area (Å²) in [6.45, 7) is 1.16. The summed E-state index contributed by atoms with van der Waals surface area (Å²) < 4.78 is 0. The Labute approximate surface area is 111 Å². The van der Waals surface area contributed by atoms with Crippen LogP contribution in [0.3, 0.4) is 0 Å². The number of aliphatic hydroxyl groups excluding tert-OH is 1. The van der Waals surface area contributed by atoms with Crippen molar-refractivity contribution in [1.82, 2.24) is 4.90 Å². The van der Waals surface area contributed by atoms with Crippen LogP contribution in [0.5, 0.6) is 0 Å². The van der Waals surface area contributed by atoms with E-state index in [1.807, 2.05) is 12.1 Å². The Bertz CT molecular complexity index is 339. The SMILES string of the molecule is CN(Cc1ccc(CO)cc1)C1CCCCCC1. The molecule has 1 saturated carbocycles. The highest BCUT2D eigenvalue weighted by molar-refractivity contribution is 5.21. The lowest BCUT2D eigenvalue weighted by molar-refractivity contribution is 0.213.